The molecule has 100 valence electrons. The largest absolute Gasteiger partial charge is 0.458 e. The molecule has 0 unspecified atom stereocenters. The summed E-state index contributed by atoms with van der Waals surface area (Å²) >= 11 is 0. The number of ether oxygens (including phenoxy) is 1. The van der Waals surface area contributed by atoms with Gasteiger partial charge < -0.3 is 9.84 Å². The Bertz CT molecular complexity index is 403. The van der Waals surface area contributed by atoms with Crippen LogP contribution in [0.4, 0.5) is 0 Å². The third-order valence-electron chi connectivity index (χ3n) is 5.73. The minimum atomic E-state index is -0.243. The highest BCUT2D eigenvalue weighted by Crippen LogP contribution is 2.56. The third kappa shape index (κ3) is 1.49. The Labute approximate surface area is 108 Å². The van der Waals surface area contributed by atoms with Crippen LogP contribution < -0.4 is 0 Å². The van der Waals surface area contributed by atoms with Crippen molar-refractivity contribution in [3.05, 3.63) is 12.2 Å². The van der Waals surface area contributed by atoms with Crippen molar-refractivity contribution in [1.29, 1.82) is 0 Å². The first-order valence-electron chi connectivity index (χ1n) is 7.01. The van der Waals surface area contributed by atoms with E-state index in [0.29, 0.717) is 17.4 Å². The van der Waals surface area contributed by atoms with E-state index < -0.39 is 0 Å². The Morgan fingerprint density at radius 2 is 2.17 bits per heavy atom. The molecule has 3 fully saturated rings. The SMILES string of the molecule is C=C1C(=O)O[C@@H]2C[C@H](C)[C@@H]3CC[C@@H](O)[C@@]3(C)C[C@H]12. The molecule has 6 atom stereocenters. The Kier molecular flexibility index (Phi) is 2.60. The summed E-state index contributed by atoms with van der Waals surface area (Å²) in [5, 5.41) is 10.3. The van der Waals surface area contributed by atoms with E-state index in [9.17, 15) is 9.90 Å². The summed E-state index contributed by atoms with van der Waals surface area (Å²) in [6.45, 7) is 8.32. The predicted octanol–water partition coefficient (Wildman–Crippen LogP) is 2.29. The van der Waals surface area contributed by atoms with Crippen molar-refractivity contribution >= 4 is 5.97 Å². The molecule has 2 aliphatic carbocycles. The summed E-state index contributed by atoms with van der Waals surface area (Å²) in [7, 11) is 0. The van der Waals surface area contributed by atoms with E-state index in [1.165, 1.54) is 0 Å². The van der Waals surface area contributed by atoms with Crippen LogP contribution >= 0.6 is 0 Å². The highest BCUT2D eigenvalue weighted by Gasteiger charge is 2.55. The monoisotopic (exact) mass is 250 g/mol. The number of aliphatic hydroxyl groups is 1. The van der Waals surface area contributed by atoms with E-state index in [4.69, 9.17) is 4.74 Å². The molecule has 3 heteroatoms. The van der Waals surface area contributed by atoms with Gasteiger partial charge in [0.1, 0.15) is 6.10 Å². The minimum absolute atomic E-state index is 0.00498. The van der Waals surface area contributed by atoms with Crippen LogP contribution in [0.5, 0.6) is 0 Å². The number of carbonyl (C=O) groups is 1. The summed E-state index contributed by atoms with van der Waals surface area (Å²) in [6, 6.07) is 0. The lowest BCUT2D eigenvalue weighted by atomic mass is 9.69. The second-order valence-corrected chi connectivity index (χ2v) is 6.70. The van der Waals surface area contributed by atoms with Crippen molar-refractivity contribution in [1.82, 2.24) is 0 Å². The Hall–Kier alpha value is -0.830. The fourth-order valence-electron chi connectivity index (χ4n) is 4.61. The first-order valence-corrected chi connectivity index (χ1v) is 7.01. The topological polar surface area (TPSA) is 46.5 Å². The molecule has 3 rings (SSSR count). The maximum absolute atomic E-state index is 11.7. The normalized spacial score (nSPS) is 51.6. The number of carbonyl (C=O) groups excluding carboxylic acids is 1. The maximum atomic E-state index is 11.7. The van der Waals surface area contributed by atoms with Crippen LogP contribution in [0.15, 0.2) is 12.2 Å². The smallest absolute Gasteiger partial charge is 0.334 e. The fourth-order valence-corrected chi connectivity index (χ4v) is 4.61. The quantitative estimate of drug-likeness (QED) is 0.530. The molecular weight excluding hydrogens is 228 g/mol. The molecule has 0 bridgehead atoms. The average Bonchev–Trinajstić information content (AvgIpc) is 2.69. The van der Waals surface area contributed by atoms with Crippen molar-refractivity contribution in [3.8, 4) is 0 Å². The van der Waals surface area contributed by atoms with Gasteiger partial charge in [0.15, 0.2) is 0 Å². The van der Waals surface area contributed by atoms with Gasteiger partial charge in [0.05, 0.1) is 6.10 Å². The van der Waals surface area contributed by atoms with Gasteiger partial charge in [-0.2, -0.15) is 0 Å². The van der Waals surface area contributed by atoms with Gasteiger partial charge in [0.25, 0.3) is 0 Å². The van der Waals surface area contributed by atoms with E-state index in [2.05, 4.69) is 20.4 Å². The molecule has 1 aliphatic heterocycles. The van der Waals surface area contributed by atoms with Gasteiger partial charge in [0, 0.05) is 11.5 Å². The number of aliphatic hydroxyl groups excluding tert-OH is 1. The zero-order valence-corrected chi connectivity index (χ0v) is 11.2. The van der Waals surface area contributed by atoms with Crippen molar-refractivity contribution < 1.29 is 14.6 Å². The van der Waals surface area contributed by atoms with Crippen LogP contribution in [-0.4, -0.2) is 23.3 Å². The van der Waals surface area contributed by atoms with Crippen LogP contribution in [0.1, 0.15) is 39.5 Å². The molecule has 0 aromatic rings. The summed E-state index contributed by atoms with van der Waals surface area (Å²) in [6.07, 6.45) is 3.51. The van der Waals surface area contributed by atoms with Crippen LogP contribution in [-0.2, 0) is 9.53 Å². The summed E-state index contributed by atoms with van der Waals surface area (Å²) in [5.41, 5.74) is 0.545. The van der Waals surface area contributed by atoms with Crippen molar-refractivity contribution in [3.63, 3.8) is 0 Å². The molecule has 3 nitrogen and oxygen atoms in total. The van der Waals surface area contributed by atoms with Crippen LogP contribution in [0.3, 0.4) is 0 Å². The van der Waals surface area contributed by atoms with E-state index in [1.807, 2.05) is 0 Å². The molecule has 2 saturated carbocycles. The van der Waals surface area contributed by atoms with E-state index >= 15 is 0 Å². The van der Waals surface area contributed by atoms with Crippen LogP contribution in [0.2, 0.25) is 0 Å². The van der Waals surface area contributed by atoms with E-state index in [1.54, 1.807) is 0 Å². The van der Waals surface area contributed by atoms with Crippen LogP contribution in [0.25, 0.3) is 0 Å². The first kappa shape index (κ1) is 12.2. The molecule has 0 amide bonds. The zero-order valence-electron chi connectivity index (χ0n) is 11.2. The molecule has 1 N–H and O–H groups in total. The Morgan fingerprint density at radius 3 is 2.89 bits per heavy atom. The maximum Gasteiger partial charge on any atom is 0.334 e. The number of rotatable bonds is 0. The lowest BCUT2D eigenvalue weighted by Crippen LogP contribution is -2.35. The summed E-state index contributed by atoms with van der Waals surface area (Å²) in [5.74, 6) is 0.930. The average molecular weight is 250 g/mol. The number of fused-ring (bicyclic) bond motifs is 2. The van der Waals surface area contributed by atoms with E-state index in [0.717, 1.165) is 25.7 Å². The second kappa shape index (κ2) is 3.83. The minimum Gasteiger partial charge on any atom is -0.458 e. The summed E-state index contributed by atoms with van der Waals surface area (Å²) in [4.78, 5) is 11.7. The Balaban J connectivity index is 1.96. The highest BCUT2D eigenvalue weighted by atomic mass is 16.6. The van der Waals surface area contributed by atoms with Gasteiger partial charge >= 0.3 is 5.97 Å². The van der Waals surface area contributed by atoms with Gasteiger partial charge in [-0.05, 0) is 42.9 Å². The summed E-state index contributed by atoms with van der Waals surface area (Å²) < 4.78 is 5.45. The number of esters is 1. The van der Waals surface area contributed by atoms with Gasteiger partial charge in [-0.25, -0.2) is 4.79 Å². The third-order valence-corrected chi connectivity index (χ3v) is 5.73. The Morgan fingerprint density at radius 1 is 1.44 bits per heavy atom. The highest BCUT2D eigenvalue weighted by molar-refractivity contribution is 5.90. The predicted molar refractivity (Wildman–Crippen MR) is 67.7 cm³/mol. The molecule has 18 heavy (non-hydrogen) atoms. The van der Waals surface area contributed by atoms with Gasteiger partial charge in [-0.3, -0.25) is 0 Å². The molecular formula is C15H22O3. The molecule has 1 heterocycles. The number of hydrogen-bond acceptors (Lipinski definition) is 3. The van der Waals surface area contributed by atoms with Gasteiger partial charge in [0.2, 0.25) is 0 Å². The van der Waals surface area contributed by atoms with Crippen molar-refractivity contribution in [2.24, 2.45) is 23.2 Å². The molecule has 0 radical (unpaired) electrons. The standard InChI is InChI=1S/C15H22O3/c1-8-6-12-10(9(2)14(17)18-12)7-15(3)11(8)4-5-13(15)16/h8,10-13,16H,2,4-7H2,1,3H3/t8-,10+,11-,12+,13+,15-/m0/s1. The van der Waals surface area contributed by atoms with Crippen molar-refractivity contribution in [2.75, 3.05) is 0 Å². The van der Waals surface area contributed by atoms with Gasteiger partial charge in [-0.1, -0.05) is 20.4 Å². The molecule has 0 spiro atoms. The first-order chi connectivity index (χ1) is 8.43. The zero-order chi connectivity index (χ0) is 13.1. The van der Waals surface area contributed by atoms with Gasteiger partial charge in [-0.15, -0.1) is 0 Å². The van der Waals surface area contributed by atoms with Crippen molar-refractivity contribution in [2.45, 2.75) is 51.7 Å². The van der Waals surface area contributed by atoms with Crippen LogP contribution in [0, 0.1) is 23.2 Å². The molecule has 0 aromatic carbocycles. The lowest BCUT2D eigenvalue weighted by molar-refractivity contribution is -0.139. The molecule has 3 aliphatic rings. The molecule has 0 aromatic heterocycles. The number of hydrogen-bond donors (Lipinski definition) is 1. The van der Waals surface area contributed by atoms with E-state index in [-0.39, 0.29) is 29.5 Å². The second-order valence-electron chi connectivity index (χ2n) is 6.70. The lowest BCUT2D eigenvalue weighted by Gasteiger charge is -2.36. The fraction of sp³-hybridized carbons (Fsp3) is 0.800. The molecule has 1 saturated heterocycles.